The van der Waals surface area contributed by atoms with E-state index in [-0.39, 0.29) is 24.0 Å². The Hall–Kier alpha value is -3.12. The summed E-state index contributed by atoms with van der Waals surface area (Å²) in [6.45, 7) is 2.88. The number of para-hydroxylation sites is 1. The molecule has 2 aliphatic rings. The monoisotopic (exact) mass is 407 g/mol. The Morgan fingerprint density at radius 2 is 1.90 bits per heavy atom. The molecule has 0 bridgehead atoms. The Morgan fingerprint density at radius 3 is 2.57 bits per heavy atom. The van der Waals surface area contributed by atoms with Gasteiger partial charge in [0.2, 0.25) is 0 Å². The van der Waals surface area contributed by atoms with Crippen LogP contribution in [0.15, 0.2) is 54.1 Å². The number of benzene rings is 2. The highest BCUT2D eigenvalue weighted by atomic mass is 16.5. The lowest BCUT2D eigenvalue weighted by molar-refractivity contribution is -0.140. The van der Waals surface area contributed by atoms with Gasteiger partial charge in [-0.3, -0.25) is 9.59 Å². The lowest BCUT2D eigenvalue weighted by atomic mass is 9.94. The molecular formula is C24H25NO5. The largest absolute Gasteiger partial charge is 0.507 e. The topological polar surface area (TPSA) is 76.1 Å². The fourth-order valence-electron chi connectivity index (χ4n) is 4.16. The van der Waals surface area contributed by atoms with Crippen LogP contribution in [-0.4, -0.2) is 48.1 Å². The summed E-state index contributed by atoms with van der Waals surface area (Å²) in [6, 6.07) is 13.7. The quantitative estimate of drug-likeness (QED) is 0.466. The van der Waals surface area contributed by atoms with Gasteiger partial charge in [-0.25, -0.2) is 0 Å². The number of rotatable bonds is 5. The fourth-order valence-corrected chi connectivity index (χ4v) is 4.16. The van der Waals surface area contributed by atoms with Crippen molar-refractivity contribution in [3.63, 3.8) is 0 Å². The summed E-state index contributed by atoms with van der Waals surface area (Å²) in [7, 11) is 1.55. The van der Waals surface area contributed by atoms with Gasteiger partial charge >= 0.3 is 0 Å². The maximum atomic E-state index is 13.1. The zero-order chi connectivity index (χ0) is 21.3. The predicted octanol–water partition coefficient (Wildman–Crippen LogP) is 3.60. The highest BCUT2D eigenvalue weighted by Gasteiger charge is 2.47. The van der Waals surface area contributed by atoms with Gasteiger partial charge in [-0.2, -0.15) is 0 Å². The van der Waals surface area contributed by atoms with Gasteiger partial charge in [0.25, 0.3) is 11.7 Å². The molecule has 0 radical (unpaired) electrons. The molecule has 4 rings (SSSR count). The average Bonchev–Trinajstić information content (AvgIpc) is 3.36. The van der Waals surface area contributed by atoms with Crippen LogP contribution < -0.4 is 4.74 Å². The van der Waals surface area contributed by atoms with Crippen molar-refractivity contribution < 1.29 is 24.2 Å². The maximum Gasteiger partial charge on any atom is 0.295 e. The molecule has 2 aromatic carbocycles. The highest BCUT2D eigenvalue weighted by Crippen LogP contribution is 2.43. The number of likely N-dealkylation sites (tertiary alicyclic amines) is 1. The van der Waals surface area contributed by atoms with Crippen LogP contribution in [0.2, 0.25) is 0 Å². The maximum absolute atomic E-state index is 13.1. The molecule has 0 aliphatic carbocycles. The molecule has 1 N–H and O–H groups in total. The van der Waals surface area contributed by atoms with Crippen molar-refractivity contribution >= 4 is 17.4 Å². The lowest BCUT2D eigenvalue weighted by Gasteiger charge is -2.28. The molecule has 2 saturated heterocycles. The minimum Gasteiger partial charge on any atom is -0.507 e. The van der Waals surface area contributed by atoms with Crippen molar-refractivity contribution in [1.29, 1.82) is 0 Å². The molecule has 1 amide bonds. The number of amides is 1. The number of carbonyl (C=O) groups is 2. The molecule has 0 aromatic heterocycles. The third-order valence-electron chi connectivity index (χ3n) is 5.72. The van der Waals surface area contributed by atoms with E-state index in [1.165, 1.54) is 4.90 Å². The first-order valence-corrected chi connectivity index (χ1v) is 10.1. The van der Waals surface area contributed by atoms with Crippen LogP contribution in [0.5, 0.6) is 5.75 Å². The van der Waals surface area contributed by atoms with Gasteiger partial charge in [-0.1, -0.05) is 48.0 Å². The first-order valence-electron chi connectivity index (χ1n) is 10.1. The molecule has 6 nitrogen and oxygen atoms in total. The number of nitrogens with zero attached hydrogens (tertiary/aromatic N) is 1. The second kappa shape index (κ2) is 8.32. The van der Waals surface area contributed by atoms with E-state index in [1.807, 2.05) is 37.3 Å². The summed E-state index contributed by atoms with van der Waals surface area (Å²) >= 11 is 0. The van der Waals surface area contributed by atoms with E-state index < -0.39 is 17.7 Å². The van der Waals surface area contributed by atoms with Crippen molar-refractivity contribution in [2.75, 3.05) is 20.3 Å². The number of Topliss-reactive ketones (excluding diaryl/α,β-unsaturated/α-hetero) is 1. The Kier molecular flexibility index (Phi) is 5.59. The summed E-state index contributed by atoms with van der Waals surface area (Å²) < 4.78 is 11.2. The van der Waals surface area contributed by atoms with Gasteiger partial charge in [-0.15, -0.1) is 0 Å². The van der Waals surface area contributed by atoms with E-state index in [0.717, 1.165) is 18.4 Å². The van der Waals surface area contributed by atoms with E-state index in [9.17, 15) is 14.7 Å². The number of hydrogen-bond donors (Lipinski definition) is 1. The molecule has 0 unspecified atom stereocenters. The Bertz CT molecular complexity index is 989. The van der Waals surface area contributed by atoms with Crippen molar-refractivity contribution in [2.45, 2.75) is 31.9 Å². The van der Waals surface area contributed by atoms with E-state index in [1.54, 1.807) is 25.3 Å². The predicted molar refractivity (Wildman–Crippen MR) is 112 cm³/mol. The molecular weight excluding hydrogens is 382 g/mol. The van der Waals surface area contributed by atoms with Gasteiger partial charge < -0.3 is 19.5 Å². The SMILES string of the molecule is COc1ccccc1[C@@H]1C(=C(O)c2ccc(C)cc2)C(=O)C(=O)N1C[C@H]1CCCO1. The molecule has 0 saturated carbocycles. The standard InChI is InChI=1S/C24H25NO5/c1-15-9-11-16(12-10-15)22(26)20-21(18-7-3-4-8-19(18)29-2)25(24(28)23(20)27)14-17-6-5-13-30-17/h3-4,7-12,17,21,26H,5-6,13-14H2,1-2H3/t17-,21-/m1/s1. The molecule has 30 heavy (non-hydrogen) atoms. The minimum atomic E-state index is -0.744. The Morgan fingerprint density at radius 1 is 1.17 bits per heavy atom. The van der Waals surface area contributed by atoms with E-state index in [0.29, 0.717) is 23.5 Å². The number of carbonyl (C=O) groups excluding carboxylic acids is 2. The molecule has 2 heterocycles. The number of aryl methyl sites for hydroxylation is 1. The van der Waals surface area contributed by atoms with Gasteiger partial charge in [0.15, 0.2) is 0 Å². The van der Waals surface area contributed by atoms with Crippen LogP contribution >= 0.6 is 0 Å². The van der Waals surface area contributed by atoms with Crippen LogP contribution in [-0.2, 0) is 14.3 Å². The molecule has 0 spiro atoms. The Labute approximate surface area is 175 Å². The van der Waals surface area contributed by atoms with Gasteiger partial charge in [0.1, 0.15) is 11.5 Å². The van der Waals surface area contributed by atoms with E-state index in [2.05, 4.69) is 0 Å². The number of methoxy groups -OCH3 is 1. The number of aliphatic hydroxyl groups excluding tert-OH is 1. The van der Waals surface area contributed by atoms with Crippen LogP contribution in [0.1, 0.15) is 35.6 Å². The smallest absolute Gasteiger partial charge is 0.295 e. The van der Waals surface area contributed by atoms with Crippen LogP contribution in [0, 0.1) is 6.92 Å². The summed E-state index contributed by atoms with van der Waals surface area (Å²) in [5, 5.41) is 11.1. The Balaban J connectivity index is 1.86. The number of hydrogen-bond acceptors (Lipinski definition) is 5. The van der Waals surface area contributed by atoms with Crippen molar-refractivity contribution in [2.24, 2.45) is 0 Å². The molecule has 6 heteroatoms. The summed E-state index contributed by atoms with van der Waals surface area (Å²) in [4.78, 5) is 27.6. The second-order valence-corrected chi connectivity index (χ2v) is 7.69. The number of ether oxygens (including phenoxy) is 2. The van der Waals surface area contributed by atoms with E-state index >= 15 is 0 Å². The van der Waals surface area contributed by atoms with Crippen molar-refractivity contribution in [3.05, 3.63) is 70.8 Å². The summed E-state index contributed by atoms with van der Waals surface area (Å²) in [5.41, 5.74) is 2.26. The van der Waals surface area contributed by atoms with Crippen LogP contribution in [0.3, 0.4) is 0 Å². The summed E-state index contributed by atoms with van der Waals surface area (Å²) in [5.74, 6) is -0.951. The first-order chi connectivity index (χ1) is 14.5. The number of aliphatic hydroxyl groups is 1. The highest BCUT2D eigenvalue weighted by molar-refractivity contribution is 6.46. The lowest BCUT2D eigenvalue weighted by Crippen LogP contribution is -2.36. The third-order valence-corrected chi connectivity index (χ3v) is 5.72. The van der Waals surface area contributed by atoms with Gasteiger partial charge in [0, 0.05) is 24.3 Å². The zero-order valence-electron chi connectivity index (χ0n) is 17.1. The molecule has 2 aromatic rings. The number of ketones is 1. The average molecular weight is 407 g/mol. The van der Waals surface area contributed by atoms with Crippen LogP contribution in [0.25, 0.3) is 5.76 Å². The fraction of sp³-hybridized carbons (Fsp3) is 0.333. The molecule has 2 atom stereocenters. The van der Waals surface area contributed by atoms with Gasteiger partial charge in [-0.05, 0) is 25.8 Å². The second-order valence-electron chi connectivity index (χ2n) is 7.69. The van der Waals surface area contributed by atoms with E-state index in [4.69, 9.17) is 9.47 Å². The first kappa shape index (κ1) is 20.2. The van der Waals surface area contributed by atoms with Crippen molar-refractivity contribution in [1.82, 2.24) is 4.90 Å². The minimum absolute atomic E-state index is 0.0753. The third kappa shape index (κ3) is 3.59. The zero-order valence-corrected chi connectivity index (χ0v) is 17.1. The van der Waals surface area contributed by atoms with Crippen LogP contribution in [0.4, 0.5) is 0 Å². The van der Waals surface area contributed by atoms with Gasteiger partial charge in [0.05, 0.1) is 24.8 Å². The normalized spacial score (nSPS) is 23.2. The summed E-state index contributed by atoms with van der Waals surface area (Å²) in [6.07, 6.45) is 1.64. The molecule has 156 valence electrons. The molecule has 2 aliphatic heterocycles. The molecule has 2 fully saturated rings. The van der Waals surface area contributed by atoms with Crippen molar-refractivity contribution in [3.8, 4) is 5.75 Å².